The van der Waals surface area contributed by atoms with Crippen LogP contribution in [0.3, 0.4) is 0 Å². The van der Waals surface area contributed by atoms with Crippen LogP contribution in [0.1, 0.15) is 26.7 Å². The Kier molecular flexibility index (Phi) is 5.03. The highest BCUT2D eigenvalue weighted by Gasteiger charge is 2.40. The van der Waals surface area contributed by atoms with E-state index in [1.807, 2.05) is 0 Å². The van der Waals surface area contributed by atoms with E-state index in [1.165, 1.54) is 0 Å². The van der Waals surface area contributed by atoms with Gasteiger partial charge in [-0.3, -0.25) is 0 Å². The predicted molar refractivity (Wildman–Crippen MR) is 59.5 cm³/mol. The molecule has 1 aliphatic carbocycles. The molecule has 0 aromatic heterocycles. The normalized spacial score (nSPS) is 41.8. The average Bonchev–Trinajstić information content (AvgIpc) is 2.24. The zero-order valence-corrected chi connectivity index (χ0v) is 10.0. The summed E-state index contributed by atoms with van der Waals surface area (Å²) in [5.74, 6) is 1.14. The minimum Gasteiger partial charge on any atom is -0.396 e. The molecule has 1 saturated carbocycles. The molecule has 1 aliphatic rings. The van der Waals surface area contributed by atoms with Crippen molar-refractivity contribution < 1.29 is 14.9 Å². The lowest BCUT2D eigenvalue weighted by Crippen LogP contribution is -2.45. The molecular weight excluding hydrogens is 192 g/mol. The maximum atomic E-state index is 10.2. The van der Waals surface area contributed by atoms with Crippen LogP contribution in [0.15, 0.2) is 0 Å². The molecule has 1 rings (SSSR count). The largest absolute Gasteiger partial charge is 0.396 e. The fraction of sp³-hybridized carbons (Fsp3) is 1.00. The zero-order valence-electron chi connectivity index (χ0n) is 10.0. The van der Waals surface area contributed by atoms with Gasteiger partial charge in [0.15, 0.2) is 0 Å². The fourth-order valence-corrected chi connectivity index (χ4v) is 2.94. The molecule has 90 valence electrons. The minimum atomic E-state index is -0.291. The second-order valence-corrected chi connectivity index (χ2v) is 4.82. The molecule has 0 spiro atoms. The Balaban J connectivity index is 2.68. The Morgan fingerprint density at radius 2 is 2.00 bits per heavy atom. The summed E-state index contributed by atoms with van der Waals surface area (Å²) in [7, 11) is 1.69. The molecule has 0 aliphatic heterocycles. The van der Waals surface area contributed by atoms with Crippen LogP contribution in [0.5, 0.6) is 0 Å². The van der Waals surface area contributed by atoms with Gasteiger partial charge in [0.2, 0.25) is 0 Å². The molecule has 0 amide bonds. The highest BCUT2D eigenvalue weighted by Crippen LogP contribution is 2.39. The maximum absolute atomic E-state index is 10.2. The molecule has 0 aromatic carbocycles. The number of aliphatic hydroxyl groups excluding tert-OH is 2. The number of aliphatic hydroxyl groups is 2. The van der Waals surface area contributed by atoms with Crippen LogP contribution in [0.25, 0.3) is 0 Å². The monoisotopic (exact) mass is 216 g/mol. The highest BCUT2D eigenvalue weighted by atomic mass is 16.5. The lowest BCUT2D eigenvalue weighted by Gasteiger charge is -2.43. The summed E-state index contributed by atoms with van der Waals surface area (Å²) in [6.07, 6.45) is 1.62. The fourth-order valence-electron chi connectivity index (χ4n) is 2.94. The van der Waals surface area contributed by atoms with E-state index in [9.17, 15) is 10.2 Å². The smallest absolute Gasteiger partial charge is 0.0600 e. The summed E-state index contributed by atoms with van der Waals surface area (Å²) in [5, 5.41) is 19.5. The second-order valence-electron chi connectivity index (χ2n) is 4.82. The Labute approximate surface area is 92.4 Å². The quantitative estimate of drug-likeness (QED) is 0.744. The molecule has 15 heavy (non-hydrogen) atoms. The van der Waals surface area contributed by atoms with E-state index < -0.39 is 0 Å². The summed E-state index contributed by atoms with van der Waals surface area (Å²) in [6, 6.07) is 0. The lowest BCUT2D eigenvalue weighted by atomic mass is 9.66. The van der Waals surface area contributed by atoms with Crippen LogP contribution in [0, 0.1) is 23.7 Å². The SMILES string of the molecule is CCC1C(CO)CC(COC)C(C)C1O. The third-order valence-corrected chi connectivity index (χ3v) is 4.02. The van der Waals surface area contributed by atoms with Gasteiger partial charge in [0.05, 0.1) is 6.10 Å². The van der Waals surface area contributed by atoms with Crippen LogP contribution in [0.4, 0.5) is 0 Å². The Morgan fingerprint density at radius 1 is 1.33 bits per heavy atom. The van der Waals surface area contributed by atoms with Crippen LogP contribution in [-0.4, -0.2) is 36.6 Å². The maximum Gasteiger partial charge on any atom is 0.0600 e. The van der Waals surface area contributed by atoms with Crippen molar-refractivity contribution in [2.75, 3.05) is 20.3 Å². The van der Waals surface area contributed by atoms with Gasteiger partial charge in [-0.05, 0) is 30.1 Å². The number of methoxy groups -OCH3 is 1. The van der Waals surface area contributed by atoms with Crippen LogP contribution in [0.2, 0.25) is 0 Å². The first kappa shape index (κ1) is 12.9. The summed E-state index contributed by atoms with van der Waals surface area (Å²) < 4.78 is 5.17. The van der Waals surface area contributed by atoms with Crippen LogP contribution < -0.4 is 0 Å². The van der Waals surface area contributed by atoms with Gasteiger partial charge in [-0.2, -0.15) is 0 Å². The van der Waals surface area contributed by atoms with Gasteiger partial charge in [-0.1, -0.05) is 20.3 Å². The van der Waals surface area contributed by atoms with Crippen molar-refractivity contribution in [3.05, 3.63) is 0 Å². The lowest BCUT2D eigenvalue weighted by molar-refractivity contribution is -0.0703. The van der Waals surface area contributed by atoms with E-state index in [1.54, 1.807) is 7.11 Å². The molecule has 0 radical (unpaired) electrons. The zero-order chi connectivity index (χ0) is 11.4. The van der Waals surface area contributed by atoms with Crippen LogP contribution >= 0.6 is 0 Å². The number of hydrogen-bond donors (Lipinski definition) is 2. The first-order chi connectivity index (χ1) is 7.15. The van der Waals surface area contributed by atoms with Gasteiger partial charge in [-0.15, -0.1) is 0 Å². The molecule has 3 heteroatoms. The van der Waals surface area contributed by atoms with Gasteiger partial charge in [0.1, 0.15) is 0 Å². The first-order valence-electron chi connectivity index (χ1n) is 5.93. The molecule has 5 atom stereocenters. The van der Waals surface area contributed by atoms with Gasteiger partial charge in [0, 0.05) is 20.3 Å². The third-order valence-electron chi connectivity index (χ3n) is 4.02. The summed E-state index contributed by atoms with van der Waals surface area (Å²) in [6.45, 7) is 5.04. The topological polar surface area (TPSA) is 49.7 Å². The number of ether oxygens (including phenoxy) is 1. The van der Waals surface area contributed by atoms with Gasteiger partial charge in [-0.25, -0.2) is 0 Å². The molecule has 0 heterocycles. The number of rotatable bonds is 4. The summed E-state index contributed by atoms with van der Waals surface area (Å²) >= 11 is 0. The molecule has 5 unspecified atom stereocenters. The van der Waals surface area contributed by atoms with Crippen molar-refractivity contribution in [1.29, 1.82) is 0 Å². The second kappa shape index (κ2) is 5.83. The Bertz CT molecular complexity index is 180. The first-order valence-corrected chi connectivity index (χ1v) is 5.93. The molecule has 1 fully saturated rings. The highest BCUT2D eigenvalue weighted by molar-refractivity contribution is 4.89. The van der Waals surface area contributed by atoms with E-state index in [4.69, 9.17) is 4.74 Å². The van der Waals surface area contributed by atoms with Crippen molar-refractivity contribution in [3.8, 4) is 0 Å². The predicted octanol–water partition coefficient (Wildman–Crippen LogP) is 1.28. The molecular formula is C12H24O3. The van der Waals surface area contributed by atoms with Gasteiger partial charge in [0.25, 0.3) is 0 Å². The molecule has 0 saturated heterocycles. The van der Waals surface area contributed by atoms with Crippen molar-refractivity contribution in [2.24, 2.45) is 23.7 Å². The number of hydrogen-bond acceptors (Lipinski definition) is 3. The van der Waals surface area contributed by atoms with E-state index in [0.717, 1.165) is 12.8 Å². The third kappa shape index (κ3) is 2.71. The summed E-state index contributed by atoms with van der Waals surface area (Å²) in [5.41, 5.74) is 0. The van der Waals surface area contributed by atoms with Crippen molar-refractivity contribution in [2.45, 2.75) is 32.8 Å². The van der Waals surface area contributed by atoms with Crippen LogP contribution in [-0.2, 0) is 4.74 Å². The van der Waals surface area contributed by atoms with Crippen molar-refractivity contribution >= 4 is 0 Å². The van der Waals surface area contributed by atoms with Gasteiger partial charge >= 0.3 is 0 Å². The molecule has 2 N–H and O–H groups in total. The van der Waals surface area contributed by atoms with E-state index in [2.05, 4.69) is 13.8 Å². The summed E-state index contributed by atoms with van der Waals surface area (Å²) in [4.78, 5) is 0. The van der Waals surface area contributed by atoms with E-state index >= 15 is 0 Å². The van der Waals surface area contributed by atoms with Crippen molar-refractivity contribution in [1.82, 2.24) is 0 Å². The van der Waals surface area contributed by atoms with Crippen molar-refractivity contribution in [3.63, 3.8) is 0 Å². The molecule has 0 bridgehead atoms. The molecule has 3 nitrogen and oxygen atoms in total. The average molecular weight is 216 g/mol. The Hall–Kier alpha value is -0.120. The Morgan fingerprint density at radius 3 is 2.47 bits per heavy atom. The van der Waals surface area contributed by atoms with Gasteiger partial charge < -0.3 is 14.9 Å². The standard InChI is InChI=1S/C12H24O3/c1-4-11-9(6-13)5-10(7-15-3)8(2)12(11)14/h8-14H,4-7H2,1-3H3. The van der Waals surface area contributed by atoms with E-state index in [-0.39, 0.29) is 30.5 Å². The van der Waals surface area contributed by atoms with E-state index in [0.29, 0.717) is 12.5 Å². The molecule has 0 aromatic rings. The minimum absolute atomic E-state index is 0.183.